The second-order valence-corrected chi connectivity index (χ2v) is 20.2. The largest absolute Gasteiger partial charge is 0.366 e. The molecule has 0 bridgehead atoms. The van der Waals surface area contributed by atoms with Gasteiger partial charge in [-0.05, 0) is 130 Å². The van der Waals surface area contributed by atoms with Gasteiger partial charge in [-0.3, -0.25) is 5.10 Å². The molecule has 2 aliphatic heterocycles. The van der Waals surface area contributed by atoms with Gasteiger partial charge in [-0.25, -0.2) is 9.36 Å². The van der Waals surface area contributed by atoms with E-state index >= 15 is 0 Å². The molecule has 8 aromatic rings. The van der Waals surface area contributed by atoms with Gasteiger partial charge in [0.1, 0.15) is 11.3 Å². The smallest absolute Gasteiger partial charge is 0.264 e. The Morgan fingerprint density at radius 3 is 1.98 bits per heavy atom. The van der Waals surface area contributed by atoms with Crippen LogP contribution < -0.4 is 25.5 Å². The van der Waals surface area contributed by atoms with Crippen molar-refractivity contribution in [2.75, 3.05) is 17.3 Å². The fourth-order valence-electron chi connectivity index (χ4n) is 10.8. The Bertz CT molecular complexity index is 2870. The number of hydrogen-bond acceptors (Lipinski definition) is 11. The van der Waals surface area contributed by atoms with E-state index in [4.69, 9.17) is 25.5 Å². The highest BCUT2D eigenvalue weighted by Gasteiger charge is 2.40. The first kappa shape index (κ1) is 40.5. The third-order valence-corrected chi connectivity index (χ3v) is 12.6. The van der Waals surface area contributed by atoms with E-state index < -0.39 is 0 Å². The summed E-state index contributed by atoms with van der Waals surface area (Å²) >= 11 is 0. The van der Waals surface area contributed by atoms with E-state index in [2.05, 4.69) is 140 Å². The lowest BCUT2D eigenvalue weighted by molar-refractivity contribution is -0.652. The third-order valence-electron chi connectivity index (χ3n) is 12.6. The van der Waals surface area contributed by atoms with E-state index in [9.17, 15) is 0 Å². The van der Waals surface area contributed by atoms with Crippen LogP contribution in [-0.4, -0.2) is 96.5 Å². The Kier molecular flexibility index (Phi) is 9.53. The molecule has 0 spiro atoms. The zero-order chi connectivity index (χ0) is 43.9. The standard InChI is InChI=1S/C47H56N16/c1-44(2)23-29(24-45(3,4)58-44)51-39-16-13-35(52-54-39)31-12-15-37(61-20-10-18-49-61)41-34(31)28-63(57-41)38-22-32(33-27-48-56-42(33)43(38)62-21-11-19-50-62)36-14-17-40(55-53-36)60(9)30-25-46(5,6)59-47(7,8)26-30/h10-22,27-30,58-59H,23-26H2,1-9H3,(H2,48,51,53,54,56,57)/p+1. The normalized spacial score (nSPS) is 18.6. The molecule has 16 heteroatoms. The molecule has 8 heterocycles. The molecule has 63 heavy (non-hydrogen) atoms. The van der Waals surface area contributed by atoms with Crippen LogP contribution in [0.15, 0.2) is 91.8 Å². The fraction of sp³-hybridized carbons (Fsp3) is 0.404. The van der Waals surface area contributed by atoms with Gasteiger partial charge in [-0.1, -0.05) is 4.68 Å². The molecular weight excluding hydrogens is 789 g/mol. The molecule has 2 fully saturated rings. The predicted molar refractivity (Wildman–Crippen MR) is 246 cm³/mol. The van der Waals surface area contributed by atoms with Crippen molar-refractivity contribution >= 4 is 33.4 Å². The molecule has 2 aliphatic rings. The molecule has 0 amide bonds. The number of nitrogens with one attached hydrogen (secondary N) is 5. The van der Waals surface area contributed by atoms with Gasteiger partial charge in [0.15, 0.2) is 11.5 Å². The Morgan fingerprint density at radius 1 is 0.698 bits per heavy atom. The molecular formula is C47H57N16+. The van der Waals surface area contributed by atoms with Gasteiger partial charge in [-0.15, -0.1) is 20.4 Å². The van der Waals surface area contributed by atoms with E-state index in [0.29, 0.717) is 6.04 Å². The summed E-state index contributed by atoms with van der Waals surface area (Å²) in [6.45, 7) is 18.1. The van der Waals surface area contributed by atoms with Crippen LogP contribution in [0.5, 0.6) is 0 Å². The Balaban J connectivity index is 1.06. The van der Waals surface area contributed by atoms with Gasteiger partial charge >= 0.3 is 0 Å². The zero-order valence-corrected chi connectivity index (χ0v) is 37.6. The summed E-state index contributed by atoms with van der Waals surface area (Å²) in [4.78, 5) is 2.28. The maximum Gasteiger partial charge on any atom is 0.264 e. The van der Waals surface area contributed by atoms with E-state index in [1.807, 2.05) is 56.9 Å². The van der Waals surface area contributed by atoms with Crippen LogP contribution >= 0.6 is 0 Å². The summed E-state index contributed by atoms with van der Waals surface area (Å²) in [5.41, 5.74) is 7.51. The first-order chi connectivity index (χ1) is 30.0. The molecule has 0 atom stereocenters. The SMILES string of the molecule is CN(c1ccc(-c2cc(-[n+]3cc4c(-c5ccc(NC6CC(C)(C)NC(C)(C)C6)nn5)ccc(-n5cccn5)c4[nH]3)c(-n3cccn3)c3[nH]ncc23)nn1)C1CC(C)(C)NC(C)(C)C1. The van der Waals surface area contributed by atoms with Gasteiger partial charge in [0.25, 0.3) is 5.69 Å². The predicted octanol–water partition coefficient (Wildman–Crippen LogP) is 7.07. The summed E-state index contributed by atoms with van der Waals surface area (Å²) in [6, 6.07) is 18.9. The van der Waals surface area contributed by atoms with Crippen LogP contribution in [0.25, 0.3) is 61.4 Å². The lowest BCUT2D eigenvalue weighted by atomic mass is 9.79. The molecule has 6 aromatic heterocycles. The van der Waals surface area contributed by atoms with Crippen LogP contribution in [0.2, 0.25) is 0 Å². The third kappa shape index (κ3) is 7.82. The van der Waals surface area contributed by atoms with Crippen molar-refractivity contribution in [2.24, 2.45) is 0 Å². The van der Waals surface area contributed by atoms with Crippen molar-refractivity contribution < 1.29 is 4.68 Å². The number of aromatic nitrogens is 12. The van der Waals surface area contributed by atoms with Crippen LogP contribution in [0.1, 0.15) is 81.1 Å². The van der Waals surface area contributed by atoms with Crippen LogP contribution in [0, 0.1) is 0 Å². The first-order valence-corrected chi connectivity index (χ1v) is 21.8. The van der Waals surface area contributed by atoms with Crippen LogP contribution in [-0.2, 0) is 0 Å². The molecule has 2 aromatic carbocycles. The molecule has 16 nitrogen and oxygen atoms in total. The zero-order valence-electron chi connectivity index (χ0n) is 37.6. The van der Waals surface area contributed by atoms with Crippen molar-refractivity contribution in [1.82, 2.24) is 65.9 Å². The van der Waals surface area contributed by atoms with Gasteiger partial charge in [0.05, 0.1) is 34.2 Å². The molecule has 324 valence electrons. The molecule has 0 aliphatic carbocycles. The number of H-pyrrole nitrogens is 2. The Labute approximate surface area is 366 Å². The summed E-state index contributed by atoms with van der Waals surface area (Å²) in [5.74, 6) is 1.60. The van der Waals surface area contributed by atoms with E-state index in [0.717, 1.165) is 98.7 Å². The number of benzene rings is 2. The summed E-state index contributed by atoms with van der Waals surface area (Å²) in [6.07, 6.45) is 15.4. The number of anilines is 2. The molecule has 5 N–H and O–H groups in total. The molecule has 0 saturated carbocycles. The van der Waals surface area contributed by atoms with Crippen molar-refractivity contribution in [1.29, 1.82) is 0 Å². The highest BCUT2D eigenvalue weighted by Crippen LogP contribution is 2.37. The average Bonchev–Trinajstić information content (AvgIpc) is 4.06. The first-order valence-electron chi connectivity index (χ1n) is 21.8. The van der Waals surface area contributed by atoms with Gasteiger partial charge in [0.2, 0.25) is 6.20 Å². The average molecular weight is 846 g/mol. The minimum Gasteiger partial charge on any atom is -0.366 e. The van der Waals surface area contributed by atoms with Crippen molar-refractivity contribution in [3.05, 3.63) is 91.8 Å². The van der Waals surface area contributed by atoms with E-state index in [1.54, 1.807) is 12.4 Å². The monoisotopic (exact) mass is 845 g/mol. The minimum atomic E-state index is 0.00543. The fourth-order valence-corrected chi connectivity index (χ4v) is 10.8. The van der Waals surface area contributed by atoms with Crippen LogP contribution in [0.3, 0.4) is 0 Å². The quantitative estimate of drug-likeness (QED) is 0.0941. The Hall–Kier alpha value is -6.52. The molecule has 10 rings (SSSR count). The van der Waals surface area contributed by atoms with E-state index in [1.165, 1.54) is 0 Å². The highest BCUT2D eigenvalue weighted by atomic mass is 15.3. The molecule has 0 radical (unpaired) electrons. The topological polar surface area (TPSA) is 175 Å². The number of hydrogen-bond donors (Lipinski definition) is 5. The van der Waals surface area contributed by atoms with Crippen molar-refractivity contribution in [3.8, 4) is 39.6 Å². The molecule has 0 unspecified atom stereocenters. The van der Waals surface area contributed by atoms with Crippen molar-refractivity contribution in [2.45, 2.75) is 115 Å². The van der Waals surface area contributed by atoms with Crippen molar-refractivity contribution in [3.63, 3.8) is 0 Å². The van der Waals surface area contributed by atoms with Gasteiger partial charge < -0.3 is 20.9 Å². The lowest BCUT2D eigenvalue weighted by Gasteiger charge is -2.49. The number of rotatable bonds is 9. The maximum atomic E-state index is 4.87. The summed E-state index contributed by atoms with van der Waals surface area (Å²) < 4.78 is 5.76. The highest BCUT2D eigenvalue weighted by molar-refractivity contribution is 6.01. The Morgan fingerprint density at radius 2 is 1.35 bits per heavy atom. The van der Waals surface area contributed by atoms with Gasteiger partial charge in [0, 0.05) is 88.7 Å². The lowest BCUT2D eigenvalue weighted by Crippen LogP contribution is -2.62. The molecule has 2 saturated heterocycles. The second-order valence-electron chi connectivity index (χ2n) is 20.2. The summed E-state index contributed by atoms with van der Waals surface area (Å²) in [5, 5.41) is 53.2. The summed E-state index contributed by atoms with van der Waals surface area (Å²) in [7, 11) is 2.13. The number of fused-ring (bicyclic) bond motifs is 2. The number of aromatic amines is 2. The van der Waals surface area contributed by atoms with Crippen LogP contribution in [0.4, 0.5) is 11.6 Å². The minimum absolute atomic E-state index is 0.00543. The number of piperidine rings is 2. The number of nitrogens with zero attached hydrogens (tertiary/aromatic N) is 11. The maximum absolute atomic E-state index is 4.87. The van der Waals surface area contributed by atoms with E-state index in [-0.39, 0.29) is 28.2 Å². The second kappa shape index (κ2) is 14.8. The van der Waals surface area contributed by atoms with Gasteiger partial charge in [-0.2, -0.15) is 20.4 Å².